The van der Waals surface area contributed by atoms with E-state index in [0.717, 1.165) is 9.88 Å². The van der Waals surface area contributed by atoms with Crippen LogP contribution in [0.5, 0.6) is 0 Å². The number of amides is 2. The summed E-state index contributed by atoms with van der Waals surface area (Å²) in [5, 5.41) is 3.70. The Labute approximate surface area is 129 Å². The first-order valence-electron chi connectivity index (χ1n) is 7.22. The Kier molecular flexibility index (Phi) is 4.10. The molecular formula is C15H23N3O2S. The van der Waals surface area contributed by atoms with E-state index in [2.05, 4.69) is 10.3 Å². The van der Waals surface area contributed by atoms with Gasteiger partial charge in [-0.1, -0.05) is 13.8 Å². The van der Waals surface area contributed by atoms with Crippen LogP contribution >= 0.6 is 11.3 Å². The first-order chi connectivity index (χ1) is 9.65. The highest BCUT2D eigenvalue weighted by atomic mass is 32.1. The molecule has 5 nitrogen and oxygen atoms in total. The second-order valence-electron chi connectivity index (χ2n) is 6.50. The number of nitrogens with zero attached hydrogens (tertiary/aromatic N) is 2. The van der Waals surface area contributed by atoms with Crippen molar-refractivity contribution in [1.29, 1.82) is 0 Å². The number of rotatable bonds is 3. The van der Waals surface area contributed by atoms with Crippen molar-refractivity contribution >= 4 is 23.2 Å². The maximum absolute atomic E-state index is 12.8. The van der Waals surface area contributed by atoms with E-state index < -0.39 is 11.6 Å². The van der Waals surface area contributed by atoms with Crippen LogP contribution in [0.3, 0.4) is 0 Å². The van der Waals surface area contributed by atoms with Crippen LogP contribution in [0.4, 0.5) is 0 Å². The summed E-state index contributed by atoms with van der Waals surface area (Å²) in [7, 11) is 0. The fourth-order valence-corrected chi connectivity index (χ4v) is 3.56. The van der Waals surface area contributed by atoms with E-state index >= 15 is 0 Å². The first-order valence-corrected chi connectivity index (χ1v) is 8.04. The minimum absolute atomic E-state index is 0.0496. The Balaban J connectivity index is 2.43. The Bertz CT molecular complexity index is 565. The molecule has 2 amide bonds. The molecule has 0 saturated carbocycles. The van der Waals surface area contributed by atoms with Crippen LogP contribution in [-0.2, 0) is 9.59 Å². The fourth-order valence-electron chi connectivity index (χ4n) is 2.74. The van der Waals surface area contributed by atoms with Crippen molar-refractivity contribution < 1.29 is 9.59 Å². The van der Waals surface area contributed by atoms with Gasteiger partial charge >= 0.3 is 0 Å². The molecule has 2 unspecified atom stereocenters. The molecule has 2 atom stereocenters. The lowest BCUT2D eigenvalue weighted by Crippen LogP contribution is -2.69. The third-order valence-corrected chi connectivity index (χ3v) is 4.90. The van der Waals surface area contributed by atoms with Gasteiger partial charge in [-0.25, -0.2) is 4.98 Å². The van der Waals surface area contributed by atoms with Crippen LogP contribution in [0.15, 0.2) is 6.20 Å². The molecule has 2 rings (SSSR count). The van der Waals surface area contributed by atoms with E-state index in [-0.39, 0.29) is 23.8 Å². The maximum atomic E-state index is 12.8. The Morgan fingerprint density at radius 1 is 1.33 bits per heavy atom. The van der Waals surface area contributed by atoms with Gasteiger partial charge in [0.2, 0.25) is 11.8 Å². The zero-order valence-electron chi connectivity index (χ0n) is 13.4. The summed E-state index contributed by atoms with van der Waals surface area (Å²) in [4.78, 5) is 32.4. The van der Waals surface area contributed by atoms with Crippen molar-refractivity contribution in [3.05, 3.63) is 16.1 Å². The van der Waals surface area contributed by atoms with Gasteiger partial charge in [-0.05, 0) is 33.6 Å². The summed E-state index contributed by atoms with van der Waals surface area (Å²) in [6.07, 6.45) is 1.81. The van der Waals surface area contributed by atoms with Crippen LogP contribution in [-0.4, -0.2) is 33.3 Å². The van der Waals surface area contributed by atoms with Gasteiger partial charge in [-0.15, -0.1) is 11.3 Å². The number of hydrogen-bond donors (Lipinski definition) is 1. The van der Waals surface area contributed by atoms with Gasteiger partial charge < -0.3 is 10.2 Å². The molecule has 1 aromatic rings. The van der Waals surface area contributed by atoms with Crippen molar-refractivity contribution in [2.45, 2.75) is 59.2 Å². The van der Waals surface area contributed by atoms with Crippen LogP contribution in [0.1, 0.15) is 50.5 Å². The van der Waals surface area contributed by atoms with Crippen molar-refractivity contribution in [1.82, 2.24) is 15.2 Å². The average molecular weight is 309 g/mol. The molecule has 0 spiro atoms. The molecule has 0 aliphatic carbocycles. The highest BCUT2D eigenvalue weighted by Gasteiger charge is 2.48. The Morgan fingerprint density at radius 2 is 1.95 bits per heavy atom. The van der Waals surface area contributed by atoms with Crippen molar-refractivity contribution in [2.75, 3.05) is 0 Å². The van der Waals surface area contributed by atoms with Crippen molar-refractivity contribution in [3.8, 4) is 0 Å². The smallest absolute Gasteiger partial charge is 0.249 e. The number of carbonyl (C=O) groups excluding carboxylic acids is 2. The quantitative estimate of drug-likeness (QED) is 0.931. The monoisotopic (exact) mass is 309 g/mol. The van der Waals surface area contributed by atoms with Gasteiger partial charge in [0.05, 0.1) is 6.04 Å². The van der Waals surface area contributed by atoms with E-state index in [4.69, 9.17) is 0 Å². The predicted molar refractivity (Wildman–Crippen MR) is 83.0 cm³/mol. The number of piperazine rings is 1. The highest BCUT2D eigenvalue weighted by molar-refractivity contribution is 7.11. The number of nitrogens with one attached hydrogen (secondary N) is 1. The zero-order valence-corrected chi connectivity index (χ0v) is 14.2. The molecule has 6 heteroatoms. The highest BCUT2D eigenvalue weighted by Crippen LogP contribution is 2.33. The van der Waals surface area contributed by atoms with E-state index in [1.807, 2.05) is 27.7 Å². The standard InChI is InChI=1S/C15H23N3O2S/c1-8(2)11-12(19)17-15(5,6)14(20)18(11)10(4)13-16-7-9(3)21-13/h7-8,10-11H,1-6H3,(H,17,19). The molecule has 116 valence electrons. The number of hydrogen-bond acceptors (Lipinski definition) is 4. The second kappa shape index (κ2) is 5.40. The SMILES string of the molecule is Cc1cnc(C(C)N2C(=O)C(C)(C)NC(=O)C2C(C)C)s1. The molecule has 1 aliphatic heterocycles. The molecule has 2 heterocycles. The molecule has 1 aromatic heterocycles. The first kappa shape index (κ1) is 15.9. The minimum Gasteiger partial charge on any atom is -0.340 e. The summed E-state index contributed by atoms with van der Waals surface area (Å²) in [6.45, 7) is 11.3. The van der Waals surface area contributed by atoms with E-state index in [1.54, 1.807) is 36.3 Å². The number of carbonyl (C=O) groups is 2. The third-order valence-electron chi connectivity index (χ3n) is 3.82. The summed E-state index contributed by atoms with van der Waals surface area (Å²) in [5.41, 5.74) is -0.872. The molecule has 0 bridgehead atoms. The van der Waals surface area contributed by atoms with Gasteiger partial charge in [-0.2, -0.15) is 0 Å². The fraction of sp³-hybridized carbons (Fsp3) is 0.667. The third kappa shape index (κ3) is 2.81. The molecule has 21 heavy (non-hydrogen) atoms. The summed E-state index contributed by atoms with van der Waals surface area (Å²) in [6, 6.07) is -0.654. The lowest BCUT2D eigenvalue weighted by Gasteiger charge is -2.46. The maximum Gasteiger partial charge on any atom is 0.249 e. The topological polar surface area (TPSA) is 62.3 Å². The van der Waals surface area contributed by atoms with E-state index in [1.165, 1.54) is 0 Å². The van der Waals surface area contributed by atoms with Crippen molar-refractivity contribution in [3.63, 3.8) is 0 Å². The van der Waals surface area contributed by atoms with E-state index in [9.17, 15) is 9.59 Å². The lowest BCUT2D eigenvalue weighted by atomic mass is 9.90. The molecule has 1 saturated heterocycles. The molecule has 0 aromatic carbocycles. The van der Waals surface area contributed by atoms with Gasteiger partial charge in [0, 0.05) is 11.1 Å². The minimum atomic E-state index is -0.872. The van der Waals surface area contributed by atoms with Gasteiger partial charge in [-0.3, -0.25) is 9.59 Å². The summed E-state index contributed by atoms with van der Waals surface area (Å²) >= 11 is 1.57. The molecule has 0 radical (unpaired) electrons. The second-order valence-corrected chi connectivity index (χ2v) is 7.77. The summed E-state index contributed by atoms with van der Waals surface area (Å²) < 4.78 is 0. The summed E-state index contributed by atoms with van der Waals surface area (Å²) in [5.74, 6) is -0.0931. The Morgan fingerprint density at radius 3 is 2.43 bits per heavy atom. The number of aromatic nitrogens is 1. The Hall–Kier alpha value is -1.43. The largest absolute Gasteiger partial charge is 0.340 e. The lowest BCUT2D eigenvalue weighted by molar-refractivity contribution is -0.158. The predicted octanol–water partition coefficient (Wildman–Crippen LogP) is 2.27. The zero-order chi connectivity index (χ0) is 15.9. The van der Waals surface area contributed by atoms with Crippen LogP contribution < -0.4 is 5.32 Å². The van der Waals surface area contributed by atoms with Gasteiger partial charge in [0.1, 0.15) is 16.6 Å². The number of aryl methyl sites for hydroxylation is 1. The van der Waals surface area contributed by atoms with E-state index in [0.29, 0.717) is 0 Å². The number of thiazole rings is 1. The van der Waals surface area contributed by atoms with Crippen LogP contribution in [0.25, 0.3) is 0 Å². The average Bonchev–Trinajstić information content (AvgIpc) is 2.78. The van der Waals surface area contributed by atoms with Crippen LogP contribution in [0.2, 0.25) is 0 Å². The van der Waals surface area contributed by atoms with Crippen molar-refractivity contribution in [2.24, 2.45) is 5.92 Å². The normalized spacial score (nSPS) is 23.4. The molecular weight excluding hydrogens is 286 g/mol. The molecule has 1 fully saturated rings. The molecule has 1 N–H and O–H groups in total. The van der Waals surface area contributed by atoms with Gasteiger partial charge in [0.15, 0.2) is 0 Å². The van der Waals surface area contributed by atoms with Gasteiger partial charge in [0.25, 0.3) is 0 Å². The molecule has 1 aliphatic rings. The van der Waals surface area contributed by atoms with Crippen LogP contribution in [0, 0.1) is 12.8 Å².